The number of H-pyrrole nitrogens is 1. The number of benzene rings is 2. The minimum Gasteiger partial charge on any atom is -0.350 e. The molecule has 130 valence electrons. The molecule has 0 radical (unpaired) electrons. The van der Waals surface area contributed by atoms with Crippen LogP contribution in [-0.2, 0) is 7.05 Å². The molecule has 2 N–H and O–H groups in total. The van der Waals surface area contributed by atoms with Crippen molar-refractivity contribution in [3.8, 4) is 11.1 Å². The summed E-state index contributed by atoms with van der Waals surface area (Å²) in [4.78, 5) is 12.8. The van der Waals surface area contributed by atoms with E-state index in [-0.39, 0.29) is 11.9 Å². The molecule has 26 heavy (non-hydrogen) atoms. The molecule has 4 aromatic rings. The molecule has 5 nitrogen and oxygen atoms in total. The molecular weight excluding hydrogens is 324 g/mol. The van der Waals surface area contributed by atoms with Gasteiger partial charge in [-0.15, -0.1) is 0 Å². The zero-order chi connectivity index (χ0) is 18.1. The number of rotatable bonds is 4. The van der Waals surface area contributed by atoms with Crippen LogP contribution in [-0.4, -0.2) is 20.7 Å². The Kier molecular flexibility index (Phi) is 4.05. The van der Waals surface area contributed by atoms with Gasteiger partial charge in [0.25, 0.3) is 5.91 Å². The molecule has 5 heteroatoms. The second-order valence-electron chi connectivity index (χ2n) is 6.48. The fourth-order valence-corrected chi connectivity index (χ4v) is 3.25. The minimum atomic E-state index is -0.0667. The summed E-state index contributed by atoms with van der Waals surface area (Å²) in [5.41, 5.74) is 4.88. The van der Waals surface area contributed by atoms with E-state index >= 15 is 0 Å². The van der Waals surface area contributed by atoms with Crippen molar-refractivity contribution >= 4 is 16.8 Å². The lowest BCUT2D eigenvalue weighted by atomic mass is 10.1. The normalized spacial score (nSPS) is 12.2. The molecule has 0 bridgehead atoms. The Morgan fingerprint density at radius 3 is 2.69 bits per heavy atom. The fourth-order valence-electron chi connectivity index (χ4n) is 3.25. The van der Waals surface area contributed by atoms with E-state index in [2.05, 4.69) is 21.6 Å². The van der Waals surface area contributed by atoms with Gasteiger partial charge in [-0.3, -0.25) is 9.89 Å². The Hall–Kier alpha value is -3.34. The first kappa shape index (κ1) is 16.1. The third-order valence-corrected chi connectivity index (χ3v) is 4.71. The summed E-state index contributed by atoms with van der Waals surface area (Å²) in [6.45, 7) is 2.00. The zero-order valence-electron chi connectivity index (χ0n) is 14.7. The maximum absolute atomic E-state index is 12.8. The van der Waals surface area contributed by atoms with Crippen LogP contribution in [0.3, 0.4) is 0 Å². The highest BCUT2D eigenvalue weighted by Gasteiger charge is 2.17. The highest BCUT2D eigenvalue weighted by Crippen LogP contribution is 2.27. The Labute approximate surface area is 151 Å². The molecule has 0 spiro atoms. The van der Waals surface area contributed by atoms with Gasteiger partial charge in [0.2, 0.25) is 0 Å². The number of amides is 1. The topological polar surface area (TPSA) is 62.7 Å². The molecule has 0 unspecified atom stereocenters. The van der Waals surface area contributed by atoms with Crippen molar-refractivity contribution < 1.29 is 4.79 Å². The third-order valence-electron chi connectivity index (χ3n) is 4.71. The van der Waals surface area contributed by atoms with Gasteiger partial charge in [-0.25, -0.2) is 0 Å². The third kappa shape index (κ3) is 2.88. The Morgan fingerprint density at radius 1 is 1.15 bits per heavy atom. The molecule has 0 saturated heterocycles. The predicted molar refractivity (Wildman–Crippen MR) is 103 cm³/mol. The summed E-state index contributed by atoms with van der Waals surface area (Å²) < 4.78 is 1.99. The van der Waals surface area contributed by atoms with Crippen molar-refractivity contribution in [1.82, 2.24) is 20.1 Å². The standard InChI is InChI=1S/C21H20N4O/c1-14(15-6-4-3-5-7-15)24-21(26)19-13-25(2)20-10-16(8-9-18(19)20)17-11-22-23-12-17/h3-14H,1-2H3,(H,22,23)(H,24,26)/t14-/m1/s1. The number of aromatic nitrogens is 3. The summed E-state index contributed by atoms with van der Waals surface area (Å²) in [6.07, 6.45) is 5.54. The number of aryl methyl sites for hydroxylation is 1. The lowest BCUT2D eigenvalue weighted by Gasteiger charge is -2.14. The summed E-state index contributed by atoms with van der Waals surface area (Å²) in [6, 6.07) is 16.0. The molecule has 4 rings (SSSR count). The van der Waals surface area contributed by atoms with Gasteiger partial charge in [-0.05, 0) is 24.1 Å². The van der Waals surface area contributed by atoms with Gasteiger partial charge in [-0.1, -0.05) is 42.5 Å². The number of carbonyl (C=O) groups excluding carboxylic acids is 1. The van der Waals surface area contributed by atoms with Crippen LogP contribution in [0.4, 0.5) is 0 Å². The molecule has 0 fully saturated rings. The van der Waals surface area contributed by atoms with Gasteiger partial charge in [0.05, 0.1) is 17.8 Å². The van der Waals surface area contributed by atoms with Crippen LogP contribution < -0.4 is 5.32 Å². The van der Waals surface area contributed by atoms with Crippen LogP contribution in [0.15, 0.2) is 67.1 Å². The van der Waals surface area contributed by atoms with Crippen molar-refractivity contribution in [2.75, 3.05) is 0 Å². The average Bonchev–Trinajstić information content (AvgIpc) is 3.31. The van der Waals surface area contributed by atoms with E-state index in [1.54, 1.807) is 6.20 Å². The largest absolute Gasteiger partial charge is 0.350 e. The van der Waals surface area contributed by atoms with E-state index in [4.69, 9.17) is 0 Å². The zero-order valence-corrected chi connectivity index (χ0v) is 14.7. The van der Waals surface area contributed by atoms with Gasteiger partial charge in [0.15, 0.2) is 0 Å². The van der Waals surface area contributed by atoms with Crippen LogP contribution in [0.5, 0.6) is 0 Å². The Morgan fingerprint density at radius 2 is 1.96 bits per heavy atom. The highest BCUT2D eigenvalue weighted by molar-refractivity contribution is 6.07. The molecule has 1 amide bonds. The molecule has 2 aromatic heterocycles. The molecule has 2 heterocycles. The smallest absolute Gasteiger partial charge is 0.253 e. The van der Waals surface area contributed by atoms with E-state index in [1.165, 1.54) is 0 Å². The van der Waals surface area contributed by atoms with Gasteiger partial charge in [-0.2, -0.15) is 5.10 Å². The lowest BCUT2D eigenvalue weighted by Crippen LogP contribution is -2.26. The quantitative estimate of drug-likeness (QED) is 0.586. The predicted octanol–water partition coefficient (Wildman–Crippen LogP) is 4.06. The molecule has 0 saturated carbocycles. The average molecular weight is 344 g/mol. The van der Waals surface area contributed by atoms with Gasteiger partial charge in [0, 0.05) is 35.9 Å². The first-order valence-electron chi connectivity index (χ1n) is 8.57. The monoisotopic (exact) mass is 344 g/mol. The van der Waals surface area contributed by atoms with Crippen LogP contribution in [0.2, 0.25) is 0 Å². The SMILES string of the molecule is C[C@@H](NC(=O)c1cn(C)c2cc(-c3cn[nH]c3)ccc12)c1ccccc1. The van der Waals surface area contributed by atoms with E-state index < -0.39 is 0 Å². The Balaban J connectivity index is 1.65. The number of carbonyl (C=O) groups is 1. The van der Waals surface area contributed by atoms with Crippen molar-refractivity contribution in [2.24, 2.45) is 7.05 Å². The first-order valence-corrected chi connectivity index (χ1v) is 8.57. The summed E-state index contributed by atoms with van der Waals surface area (Å²) in [7, 11) is 1.96. The van der Waals surface area contributed by atoms with Gasteiger partial charge in [0.1, 0.15) is 0 Å². The van der Waals surface area contributed by atoms with Crippen molar-refractivity contribution in [2.45, 2.75) is 13.0 Å². The van der Waals surface area contributed by atoms with Crippen molar-refractivity contribution in [3.05, 3.63) is 78.2 Å². The number of hydrogen-bond donors (Lipinski definition) is 2. The summed E-state index contributed by atoms with van der Waals surface area (Å²) in [5.74, 6) is -0.0667. The molecule has 1 atom stereocenters. The molecule has 0 aliphatic rings. The molecule has 2 aromatic carbocycles. The Bertz CT molecular complexity index is 1050. The van der Waals surface area contributed by atoms with Gasteiger partial charge < -0.3 is 9.88 Å². The molecule has 0 aliphatic carbocycles. The van der Waals surface area contributed by atoms with E-state index in [9.17, 15) is 4.79 Å². The summed E-state index contributed by atoms with van der Waals surface area (Å²) >= 11 is 0. The van der Waals surface area contributed by atoms with Crippen molar-refractivity contribution in [3.63, 3.8) is 0 Å². The number of nitrogens with one attached hydrogen (secondary N) is 2. The van der Waals surface area contributed by atoms with Crippen LogP contribution in [0.1, 0.15) is 28.9 Å². The lowest BCUT2D eigenvalue weighted by molar-refractivity contribution is 0.0941. The van der Waals surface area contributed by atoms with E-state index in [0.29, 0.717) is 5.56 Å². The number of nitrogens with zero attached hydrogens (tertiary/aromatic N) is 2. The molecular formula is C21H20N4O. The maximum atomic E-state index is 12.8. The number of aromatic amines is 1. The van der Waals surface area contributed by atoms with Crippen molar-refractivity contribution in [1.29, 1.82) is 0 Å². The van der Waals surface area contributed by atoms with Crippen LogP contribution in [0.25, 0.3) is 22.0 Å². The maximum Gasteiger partial charge on any atom is 0.253 e. The first-order chi connectivity index (χ1) is 12.6. The van der Waals surface area contributed by atoms with E-state index in [0.717, 1.165) is 27.6 Å². The van der Waals surface area contributed by atoms with Crippen LogP contribution in [0, 0.1) is 0 Å². The highest BCUT2D eigenvalue weighted by atomic mass is 16.1. The van der Waals surface area contributed by atoms with E-state index in [1.807, 2.05) is 73.4 Å². The fraction of sp³-hybridized carbons (Fsp3) is 0.143. The second-order valence-corrected chi connectivity index (χ2v) is 6.48. The molecule has 0 aliphatic heterocycles. The number of hydrogen-bond acceptors (Lipinski definition) is 2. The summed E-state index contributed by atoms with van der Waals surface area (Å²) in [5, 5.41) is 10.9. The van der Waals surface area contributed by atoms with Gasteiger partial charge >= 0.3 is 0 Å². The second kappa shape index (κ2) is 6.52. The minimum absolute atomic E-state index is 0.0517. The van der Waals surface area contributed by atoms with Crippen LogP contribution >= 0.6 is 0 Å². The number of fused-ring (bicyclic) bond motifs is 1.